The highest BCUT2D eigenvalue weighted by molar-refractivity contribution is 6.04. The molecule has 3 aliphatic heterocycles. The molecule has 3 aromatic heterocycles. The Bertz CT molecular complexity index is 1450. The lowest BCUT2D eigenvalue weighted by molar-refractivity contribution is -0.0532. The predicted molar refractivity (Wildman–Crippen MR) is 132 cm³/mol. The molecule has 2 unspecified atom stereocenters. The zero-order chi connectivity index (χ0) is 21.9. The summed E-state index contributed by atoms with van der Waals surface area (Å²) in [6.07, 6.45) is 7.28. The predicted octanol–water partition coefficient (Wildman–Crippen LogP) is 4.66. The Morgan fingerprint density at radius 1 is 0.939 bits per heavy atom. The number of hydrogen-bond acceptors (Lipinski definition) is 4. The highest BCUT2D eigenvalue weighted by Crippen LogP contribution is 2.35. The van der Waals surface area contributed by atoms with Crippen LogP contribution in [0.1, 0.15) is 12.0 Å². The van der Waals surface area contributed by atoms with Gasteiger partial charge in [0.25, 0.3) is 0 Å². The molecule has 3 saturated heterocycles. The lowest BCUT2D eigenvalue weighted by Crippen LogP contribution is -2.66. The summed E-state index contributed by atoms with van der Waals surface area (Å²) in [5.41, 5.74) is 7.96. The summed E-state index contributed by atoms with van der Waals surface area (Å²) in [5, 5.41) is 9.53. The van der Waals surface area contributed by atoms with E-state index >= 15 is 0 Å². The SMILES string of the molecule is CN1C2CC1CN(Cc1ccc(-c3cnc4[nH]cc(-c5cccc6[nH]ncc56)c4c3)cc1)C2. The minimum Gasteiger partial charge on any atom is -0.346 e. The zero-order valence-electron chi connectivity index (χ0n) is 18.6. The first kappa shape index (κ1) is 19.0. The molecule has 6 heterocycles. The van der Waals surface area contributed by atoms with Crippen molar-refractivity contribution in [3.8, 4) is 22.3 Å². The maximum Gasteiger partial charge on any atom is 0.137 e. The fourth-order valence-corrected chi connectivity index (χ4v) is 5.66. The average Bonchev–Trinajstić information content (AvgIpc) is 3.51. The van der Waals surface area contributed by atoms with E-state index in [9.17, 15) is 0 Å². The Hall–Kier alpha value is -3.48. The molecule has 3 aliphatic rings. The molecule has 0 saturated carbocycles. The number of rotatable bonds is 4. The first-order valence-electron chi connectivity index (χ1n) is 11.7. The molecule has 6 nitrogen and oxygen atoms in total. The summed E-state index contributed by atoms with van der Waals surface area (Å²) in [7, 11) is 2.27. The Labute approximate surface area is 192 Å². The van der Waals surface area contributed by atoms with Crippen LogP contribution in [0.15, 0.2) is 67.1 Å². The Kier molecular flexibility index (Phi) is 4.19. The topological polar surface area (TPSA) is 63.8 Å². The summed E-state index contributed by atoms with van der Waals surface area (Å²) in [4.78, 5) is 13.2. The Morgan fingerprint density at radius 3 is 2.61 bits per heavy atom. The molecule has 0 aliphatic carbocycles. The molecule has 33 heavy (non-hydrogen) atoms. The van der Waals surface area contributed by atoms with E-state index in [-0.39, 0.29) is 0 Å². The molecule has 0 spiro atoms. The van der Waals surface area contributed by atoms with Gasteiger partial charge in [-0.1, -0.05) is 36.4 Å². The van der Waals surface area contributed by atoms with Gasteiger partial charge in [-0.25, -0.2) is 4.98 Å². The molecule has 0 radical (unpaired) electrons. The first-order chi connectivity index (χ1) is 16.2. The van der Waals surface area contributed by atoms with Gasteiger partial charge in [0.05, 0.1) is 11.7 Å². The molecule has 2 aromatic carbocycles. The van der Waals surface area contributed by atoms with Crippen LogP contribution < -0.4 is 0 Å². The van der Waals surface area contributed by atoms with Gasteiger partial charge in [-0.3, -0.25) is 14.9 Å². The number of H-pyrrole nitrogens is 2. The van der Waals surface area contributed by atoms with Crippen molar-refractivity contribution in [1.29, 1.82) is 0 Å². The van der Waals surface area contributed by atoms with Gasteiger partial charge < -0.3 is 4.98 Å². The van der Waals surface area contributed by atoms with Gasteiger partial charge in [0.2, 0.25) is 0 Å². The Morgan fingerprint density at radius 2 is 1.79 bits per heavy atom. The van der Waals surface area contributed by atoms with Crippen molar-refractivity contribution >= 4 is 21.9 Å². The van der Waals surface area contributed by atoms with Crippen molar-refractivity contribution < 1.29 is 0 Å². The van der Waals surface area contributed by atoms with E-state index in [2.05, 4.69) is 80.6 Å². The van der Waals surface area contributed by atoms with Gasteiger partial charge in [0, 0.05) is 66.0 Å². The third-order valence-corrected chi connectivity index (χ3v) is 7.63. The number of aromatic amines is 2. The second-order valence-corrected chi connectivity index (χ2v) is 9.56. The number of nitrogens with one attached hydrogen (secondary N) is 2. The fourth-order valence-electron chi connectivity index (χ4n) is 5.66. The van der Waals surface area contributed by atoms with Crippen molar-refractivity contribution in [2.75, 3.05) is 20.1 Å². The summed E-state index contributed by atoms with van der Waals surface area (Å²) >= 11 is 0. The van der Waals surface area contributed by atoms with Crippen LogP contribution in [0.25, 0.3) is 44.2 Å². The molecule has 3 fully saturated rings. The lowest BCUT2D eigenvalue weighted by atomic mass is 9.88. The minimum absolute atomic E-state index is 0.754. The minimum atomic E-state index is 0.754. The monoisotopic (exact) mass is 434 g/mol. The zero-order valence-corrected chi connectivity index (χ0v) is 18.6. The Balaban J connectivity index is 1.18. The van der Waals surface area contributed by atoms with Gasteiger partial charge in [0.1, 0.15) is 5.65 Å². The summed E-state index contributed by atoms with van der Waals surface area (Å²) < 4.78 is 0. The maximum atomic E-state index is 4.72. The highest BCUT2D eigenvalue weighted by atomic mass is 15.3. The molecule has 2 atom stereocenters. The number of likely N-dealkylation sites (N-methyl/N-ethyl adjacent to an activating group) is 1. The van der Waals surface area contributed by atoms with Crippen LogP contribution in [-0.4, -0.2) is 62.2 Å². The third-order valence-electron chi connectivity index (χ3n) is 7.63. The first-order valence-corrected chi connectivity index (χ1v) is 11.7. The van der Waals surface area contributed by atoms with Crippen molar-refractivity contribution in [2.24, 2.45) is 0 Å². The molecule has 0 amide bonds. The number of nitrogens with zero attached hydrogens (tertiary/aromatic N) is 4. The molecule has 2 bridgehead atoms. The second-order valence-electron chi connectivity index (χ2n) is 9.56. The molecule has 6 heteroatoms. The standard InChI is InChI=1S/C27H26N6/c1-32-20-10-21(32)16-33(15-20)14-17-5-7-18(8-6-17)19-9-23-24(12-29-27(23)28-11-19)22-3-2-4-26-25(22)13-30-31-26/h2-9,11-13,20-21H,10,14-16H2,1H3,(H,28,29)(H,30,31). The van der Waals surface area contributed by atoms with Crippen molar-refractivity contribution in [1.82, 2.24) is 30.0 Å². The number of pyridine rings is 1. The van der Waals surface area contributed by atoms with Crippen LogP contribution >= 0.6 is 0 Å². The molecular weight excluding hydrogens is 408 g/mol. The second kappa shape index (κ2) is 7.27. The van der Waals surface area contributed by atoms with Crippen LogP contribution in [0, 0.1) is 0 Å². The van der Waals surface area contributed by atoms with E-state index in [4.69, 9.17) is 4.98 Å². The smallest absolute Gasteiger partial charge is 0.137 e. The number of benzene rings is 2. The van der Waals surface area contributed by atoms with Gasteiger partial charge >= 0.3 is 0 Å². The number of fused-ring (bicyclic) bond motifs is 4. The van der Waals surface area contributed by atoms with Gasteiger partial charge in [-0.15, -0.1) is 0 Å². The van der Waals surface area contributed by atoms with Crippen molar-refractivity contribution in [3.05, 3.63) is 72.7 Å². The van der Waals surface area contributed by atoms with E-state index in [1.807, 2.05) is 18.6 Å². The number of hydrogen-bond donors (Lipinski definition) is 2. The van der Waals surface area contributed by atoms with Crippen molar-refractivity contribution in [2.45, 2.75) is 25.0 Å². The molecule has 8 rings (SSSR count). The third kappa shape index (κ3) is 3.09. The molecular formula is C27H26N6. The van der Waals surface area contributed by atoms with Crippen LogP contribution in [0.4, 0.5) is 0 Å². The van der Waals surface area contributed by atoms with Crippen LogP contribution in [-0.2, 0) is 6.54 Å². The molecule has 2 N–H and O–H groups in total. The van der Waals surface area contributed by atoms with Gasteiger partial charge in [-0.2, -0.15) is 5.10 Å². The highest BCUT2D eigenvalue weighted by Gasteiger charge is 2.41. The van der Waals surface area contributed by atoms with Crippen LogP contribution in [0.2, 0.25) is 0 Å². The molecule has 5 aromatic rings. The number of piperidine rings is 1. The van der Waals surface area contributed by atoms with Gasteiger partial charge in [-0.05, 0) is 42.3 Å². The summed E-state index contributed by atoms with van der Waals surface area (Å²) in [6.45, 7) is 3.42. The van der Waals surface area contributed by atoms with Crippen LogP contribution in [0.3, 0.4) is 0 Å². The quantitative estimate of drug-likeness (QED) is 0.432. The van der Waals surface area contributed by atoms with E-state index in [1.165, 1.54) is 30.6 Å². The maximum absolute atomic E-state index is 4.72. The van der Waals surface area contributed by atoms with E-state index in [0.29, 0.717) is 0 Å². The van der Waals surface area contributed by atoms with E-state index in [0.717, 1.165) is 57.3 Å². The average molecular weight is 435 g/mol. The summed E-state index contributed by atoms with van der Waals surface area (Å²) in [5.74, 6) is 0. The van der Waals surface area contributed by atoms with Crippen molar-refractivity contribution in [3.63, 3.8) is 0 Å². The normalized spacial score (nSPS) is 21.0. The number of piperazine rings is 1. The summed E-state index contributed by atoms with van der Waals surface area (Å²) in [6, 6.07) is 19.0. The largest absolute Gasteiger partial charge is 0.346 e. The van der Waals surface area contributed by atoms with Crippen LogP contribution in [0.5, 0.6) is 0 Å². The fraction of sp³-hybridized carbons (Fsp3) is 0.259. The molecule has 164 valence electrons. The van der Waals surface area contributed by atoms with Gasteiger partial charge in [0.15, 0.2) is 0 Å². The number of aromatic nitrogens is 4. The lowest BCUT2D eigenvalue weighted by Gasteiger charge is -2.55. The van der Waals surface area contributed by atoms with E-state index < -0.39 is 0 Å². The van der Waals surface area contributed by atoms with E-state index in [1.54, 1.807) is 0 Å².